The van der Waals surface area contributed by atoms with Crippen molar-refractivity contribution < 1.29 is 14.0 Å². The zero-order valence-corrected chi connectivity index (χ0v) is 21.0. The lowest BCUT2D eigenvalue weighted by Crippen LogP contribution is -2.36. The molecule has 0 atom stereocenters. The molecule has 192 valence electrons. The Bertz CT molecular complexity index is 1610. The first kappa shape index (κ1) is 23.9. The number of rotatable bonds is 7. The molecule has 0 aliphatic carbocycles. The summed E-state index contributed by atoms with van der Waals surface area (Å²) in [6, 6.07) is 21.6. The van der Waals surface area contributed by atoms with E-state index in [0.29, 0.717) is 31.2 Å². The fourth-order valence-corrected chi connectivity index (χ4v) is 4.43. The highest BCUT2D eigenvalue weighted by Gasteiger charge is 2.22. The molecule has 9 heteroatoms. The van der Waals surface area contributed by atoms with Crippen LogP contribution >= 0.6 is 0 Å². The van der Waals surface area contributed by atoms with E-state index in [1.165, 1.54) is 9.96 Å². The minimum Gasteiger partial charge on any atom is -0.481 e. The van der Waals surface area contributed by atoms with E-state index in [1.807, 2.05) is 73.7 Å². The zero-order valence-electron chi connectivity index (χ0n) is 21.0. The first-order chi connectivity index (χ1) is 18.6. The van der Waals surface area contributed by atoms with E-state index in [2.05, 4.69) is 15.0 Å². The van der Waals surface area contributed by atoms with Crippen molar-refractivity contribution in [3.05, 3.63) is 106 Å². The maximum Gasteiger partial charge on any atom is 0.301 e. The molecular weight excluding hydrogens is 482 g/mol. The van der Waals surface area contributed by atoms with E-state index >= 15 is 0 Å². The maximum atomic E-state index is 13.8. The summed E-state index contributed by atoms with van der Waals surface area (Å²) in [5.41, 5.74) is 4.47. The molecule has 0 amide bonds. The number of morpholine rings is 1. The summed E-state index contributed by atoms with van der Waals surface area (Å²) < 4.78 is 18.6. The third-order valence-electron chi connectivity index (χ3n) is 6.52. The van der Waals surface area contributed by atoms with Gasteiger partial charge in [0.1, 0.15) is 12.3 Å². The molecule has 0 saturated carbocycles. The molecule has 2 aromatic carbocycles. The summed E-state index contributed by atoms with van der Waals surface area (Å²) in [7, 11) is 0. The van der Waals surface area contributed by atoms with Crippen LogP contribution in [0.5, 0.6) is 5.75 Å². The number of ether oxygens (including phenoxy) is 2. The van der Waals surface area contributed by atoms with Crippen molar-refractivity contribution in [1.29, 1.82) is 0 Å². The van der Waals surface area contributed by atoms with E-state index in [4.69, 9.17) is 19.0 Å². The Hall–Kier alpha value is -4.50. The molecule has 0 radical (unpaired) electrons. The largest absolute Gasteiger partial charge is 0.481 e. The molecule has 9 nitrogen and oxygen atoms in total. The Morgan fingerprint density at radius 1 is 0.921 bits per heavy atom. The molecule has 1 aliphatic rings. The Morgan fingerprint density at radius 3 is 2.50 bits per heavy atom. The van der Waals surface area contributed by atoms with Crippen LogP contribution in [0.15, 0.2) is 82.2 Å². The first-order valence-electron chi connectivity index (χ1n) is 12.6. The smallest absolute Gasteiger partial charge is 0.301 e. The van der Waals surface area contributed by atoms with Gasteiger partial charge < -0.3 is 18.9 Å². The van der Waals surface area contributed by atoms with Crippen molar-refractivity contribution in [1.82, 2.24) is 19.5 Å². The number of hydrogen-bond acceptors (Lipinski definition) is 8. The Balaban J connectivity index is 1.39. The lowest BCUT2D eigenvalue weighted by molar-refractivity contribution is 0.122. The number of hydrogen-bond donors (Lipinski definition) is 0. The lowest BCUT2D eigenvalue weighted by atomic mass is 10.1. The van der Waals surface area contributed by atoms with Crippen molar-refractivity contribution >= 4 is 11.3 Å². The molecule has 38 heavy (non-hydrogen) atoms. The van der Waals surface area contributed by atoms with Crippen LogP contribution in [0.25, 0.3) is 17.2 Å². The van der Waals surface area contributed by atoms with E-state index < -0.39 is 0 Å². The summed E-state index contributed by atoms with van der Waals surface area (Å²) in [4.78, 5) is 25.3. The highest BCUT2D eigenvalue weighted by Crippen LogP contribution is 2.26. The summed E-state index contributed by atoms with van der Waals surface area (Å²) >= 11 is 0. The van der Waals surface area contributed by atoms with Gasteiger partial charge in [0.05, 0.1) is 25.3 Å². The van der Waals surface area contributed by atoms with E-state index in [-0.39, 0.29) is 29.4 Å². The molecule has 0 unspecified atom stereocenters. The SMILES string of the molecule is Cc1ccc(Cc2nc(-c3nc4ccc(N5CCOCC5)cn4c(=O)c3OCc3ccccc3)no2)cc1. The van der Waals surface area contributed by atoms with Crippen LogP contribution in [0.4, 0.5) is 5.69 Å². The van der Waals surface area contributed by atoms with Gasteiger partial charge in [0, 0.05) is 19.3 Å². The Kier molecular flexibility index (Phi) is 6.58. The van der Waals surface area contributed by atoms with Crippen LogP contribution in [-0.4, -0.2) is 45.8 Å². The van der Waals surface area contributed by atoms with Gasteiger partial charge in [0.15, 0.2) is 5.69 Å². The van der Waals surface area contributed by atoms with Crippen molar-refractivity contribution in [2.75, 3.05) is 31.2 Å². The third kappa shape index (κ3) is 5.01. The zero-order chi connectivity index (χ0) is 25.9. The third-order valence-corrected chi connectivity index (χ3v) is 6.52. The minimum absolute atomic E-state index is 0.0770. The van der Waals surface area contributed by atoms with Gasteiger partial charge in [-0.3, -0.25) is 9.20 Å². The van der Waals surface area contributed by atoms with E-state index in [0.717, 1.165) is 29.9 Å². The van der Waals surface area contributed by atoms with Crippen LogP contribution < -0.4 is 15.2 Å². The quantitative estimate of drug-likeness (QED) is 0.324. The van der Waals surface area contributed by atoms with Gasteiger partial charge in [0.25, 0.3) is 0 Å². The predicted octanol–water partition coefficient (Wildman–Crippen LogP) is 4.06. The first-order valence-corrected chi connectivity index (χ1v) is 12.6. The number of benzene rings is 2. The number of aromatic nitrogens is 4. The van der Waals surface area contributed by atoms with Gasteiger partial charge in [-0.2, -0.15) is 4.98 Å². The second-order valence-electron chi connectivity index (χ2n) is 9.26. The minimum atomic E-state index is -0.332. The van der Waals surface area contributed by atoms with Crippen molar-refractivity contribution in [3.63, 3.8) is 0 Å². The summed E-state index contributed by atoms with van der Waals surface area (Å²) in [6.07, 6.45) is 2.27. The van der Waals surface area contributed by atoms with Crippen LogP contribution in [0.3, 0.4) is 0 Å². The number of fused-ring (bicyclic) bond motifs is 1. The predicted molar refractivity (Wildman–Crippen MR) is 143 cm³/mol. The molecule has 0 N–H and O–H groups in total. The van der Waals surface area contributed by atoms with Gasteiger partial charge in [-0.15, -0.1) is 0 Å². The molecule has 0 spiro atoms. The van der Waals surface area contributed by atoms with Crippen LogP contribution in [0.1, 0.15) is 22.6 Å². The van der Waals surface area contributed by atoms with Gasteiger partial charge in [-0.1, -0.05) is 65.3 Å². The van der Waals surface area contributed by atoms with Gasteiger partial charge in [-0.25, -0.2) is 4.98 Å². The van der Waals surface area contributed by atoms with Crippen LogP contribution in [0.2, 0.25) is 0 Å². The molecule has 5 aromatic rings. The number of nitrogens with zero attached hydrogens (tertiary/aromatic N) is 5. The standard InChI is InChI=1S/C29H27N5O4/c1-20-7-9-21(10-8-20)17-25-31-28(32-38-25)26-27(37-19-22-5-3-2-4-6-22)29(35)34-18-23(11-12-24(34)30-26)33-13-15-36-16-14-33/h2-12,18H,13-17,19H2,1H3. The summed E-state index contributed by atoms with van der Waals surface area (Å²) in [5.74, 6) is 0.725. The number of pyridine rings is 1. The highest BCUT2D eigenvalue weighted by atomic mass is 16.5. The Morgan fingerprint density at radius 2 is 1.71 bits per heavy atom. The summed E-state index contributed by atoms with van der Waals surface area (Å²) in [5, 5.41) is 4.16. The van der Waals surface area contributed by atoms with Crippen molar-refractivity contribution in [2.24, 2.45) is 0 Å². The van der Waals surface area contributed by atoms with Crippen LogP contribution in [-0.2, 0) is 17.8 Å². The molecule has 1 saturated heterocycles. The van der Waals surface area contributed by atoms with Gasteiger partial charge >= 0.3 is 5.56 Å². The average Bonchev–Trinajstić information content (AvgIpc) is 3.43. The average molecular weight is 510 g/mol. The molecule has 6 rings (SSSR count). The van der Waals surface area contributed by atoms with E-state index in [9.17, 15) is 4.79 Å². The molecular formula is C29H27N5O4. The monoisotopic (exact) mass is 509 g/mol. The molecule has 0 bridgehead atoms. The van der Waals surface area contributed by atoms with Gasteiger partial charge in [-0.05, 0) is 30.2 Å². The second-order valence-corrected chi connectivity index (χ2v) is 9.26. The normalized spacial score (nSPS) is 13.7. The molecule has 3 aromatic heterocycles. The van der Waals surface area contributed by atoms with E-state index in [1.54, 1.807) is 6.20 Å². The van der Waals surface area contributed by atoms with Crippen molar-refractivity contribution in [3.8, 4) is 17.3 Å². The topological polar surface area (TPSA) is 95.0 Å². The second kappa shape index (κ2) is 10.5. The highest BCUT2D eigenvalue weighted by molar-refractivity contribution is 5.63. The van der Waals surface area contributed by atoms with Gasteiger partial charge in [0.2, 0.25) is 17.5 Å². The number of aryl methyl sites for hydroxylation is 1. The summed E-state index contributed by atoms with van der Waals surface area (Å²) in [6.45, 7) is 5.07. The number of anilines is 1. The molecule has 1 aliphatic heterocycles. The molecule has 4 heterocycles. The fraction of sp³-hybridized carbons (Fsp3) is 0.241. The fourth-order valence-electron chi connectivity index (χ4n) is 4.43. The molecule has 1 fully saturated rings. The van der Waals surface area contributed by atoms with Crippen LogP contribution in [0, 0.1) is 6.92 Å². The van der Waals surface area contributed by atoms with Crippen molar-refractivity contribution in [2.45, 2.75) is 20.0 Å². The maximum absolute atomic E-state index is 13.8. The lowest BCUT2D eigenvalue weighted by Gasteiger charge is -2.28. The Labute approximate surface area is 219 Å².